The highest BCUT2D eigenvalue weighted by atomic mass is 16.8. The maximum atomic E-state index is 5.96. The van der Waals surface area contributed by atoms with Crippen molar-refractivity contribution in [1.82, 2.24) is 0 Å². The summed E-state index contributed by atoms with van der Waals surface area (Å²) in [4.78, 5) is 0. The Kier molecular flexibility index (Phi) is 5.54. The van der Waals surface area contributed by atoms with E-state index in [2.05, 4.69) is 0 Å². The van der Waals surface area contributed by atoms with E-state index in [0.29, 0.717) is 12.2 Å². The highest BCUT2D eigenvalue weighted by Crippen LogP contribution is 2.38. The van der Waals surface area contributed by atoms with Crippen LogP contribution < -0.4 is 0 Å². The van der Waals surface area contributed by atoms with E-state index in [1.54, 1.807) is 0 Å². The van der Waals surface area contributed by atoms with E-state index >= 15 is 0 Å². The lowest BCUT2D eigenvalue weighted by Crippen LogP contribution is -2.26. The van der Waals surface area contributed by atoms with Gasteiger partial charge in [0.05, 0.1) is 25.9 Å². The van der Waals surface area contributed by atoms with E-state index in [4.69, 9.17) is 18.9 Å². The molecule has 0 N–H and O–H groups in total. The average Bonchev–Trinajstić information content (AvgIpc) is 3.48. The van der Waals surface area contributed by atoms with Crippen LogP contribution in [0.25, 0.3) is 0 Å². The molecule has 4 heteroatoms. The summed E-state index contributed by atoms with van der Waals surface area (Å²) in [5.74, 6) is 2.69. The molecule has 2 aliphatic heterocycles. The van der Waals surface area contributed by atoms with Gasteiger partial charge in [0.1, 0.15) is 12.7 Å². The summed E-state index contributed by atoms with van der Waals surface area (Å²) >= 11 is 0. The molecule has 0 aromatic carbocycles. The molecule has 2 atom stereocenters. The summed E-state index contributed by atoms with van der Waals surface area (Å²) in [5.41, 5.74) is 0. The quantitative estimate of drug-likeness (QED) is 0.641. The molecule has 132 valence electrons. The first kappa shape index (κ1) is 16.3. The minimum Gasteiger partial charge on any atom is -0.375 e. The van der Waals surface area contributed by atoms with Crippen LogP contribution in [0.3, 0.4) is 0 Å². The van der Waals surface area contributed by atoms with Crippen LogP contribution in [0, 0.1) is 17.8 Å². The Hall–Kier alpha value is -0.160. The number of ether oxygens (including phenoxy) is 4. The molecule has 0 aromatic heterocycles. The van der Waals surface area contributed by atoms with E-state index in [1.165, 1.54) is 57.8 Å². The molecule has 0 bridgehead atoms. The molecule has 2 saturated heterocycles. The maximum Gasteiger partial charge on any atom is 0.181 e. The van der Waals surface area contributed by atoms with Crippen LogP contribution in [0.15, 0.2) is 0 Å². The van der Waals surface area contributed by atoms with Crippen LogP contribution >= 0.6 is 0 Å². The first-order valence-electron chi connectivity index (χ1n) is 9.81. The van der Waals surface area contributed by atoms with E-state index in [9.17, 15) is 0 Å². The molecular formula is C19H32O4. The van der Waals surface area contributed by atoms with Gasteiger partial charge in [-0.3, -0.25) is 0 Å². The van der Waals surface area contributed by atoms with Crippen LogP contribution in [0.5, 0.6) is 0 Å². The lowest BCUT2D eigenvalue weighted by Gasteiger charge is -2.34. The number of hydrogen-bond donors (Lipinski definition) is 0. The second-order valence-electron chi connectivity index (χ2n) is 8.15. The van der Waals surface area contributed by atoms with E-state index in [-0.39, 0.29) is 6.29 Å². The molecule has 0 radical (unpaired) electrons. The molecule has 2 saturated carbocycles. The van der Waals surface area contributed by atoms with Crippen LogP contribution in [0.2, 0.25) is 0 Å². The van der Waals surface area contributed by atoms with Gasteiger partial charge in [0.25, 0.3) is 0 Å². The first-order valence-corrected chi connectivity index (χ1v) is 9.81. The zero-order chi connectivity index (χ0) is 15.5. The second kappa shape index (κ2) is 7.81. The van der Waals surface area contributed by atoms with Gasteiger partial charge in [-0.1, -0.05) is 12.8 Å². The fraction of sp³-hybridized carbons (Fsp3) is 1.00. The van der Waals surface area contributed by atoms with Crippen molar-refractivity contribution < 1.29 is 18.9 Å². The van der Waals surface area contributed by atoms with Crippen LogP contribution in [0.4, 0.5) is 0 Å². The topological polar surface area (TPSA) is 43.5 Å². The predicted molar refractivity (Wildman–Crippen MR) is 87.2 cm³/mol. The molecule has 0 aromatic rings. The van der Waals surface area contributed by atoms with Crippen molar-refractivity contribution in [1.29, 1.82) is 0 Å². The van der Waals surface area contributed by atoms with Crippen molar-refractivity contribution in [2.75, 3.05) is 26.4 Å². The summed E-state index contributed by atoms with van der Waals surface area (Å²) in [6.07, 6.45) is 13.3. The van der Waals surface area contributed by atoms with Crippen LogP contribution in [-0.2, 0) is 18.9 Å². The molecule has 4 fully saturated rings. The molecule has 0 spiro atoms. The Labute approximate surface area is 140 Å². The molecule has 0 amide bonds. The Bertz CT molecular complexity index is 316. The molecular weight excluding hydrogens is 292 g/mol. The van der Waals surface area contributed by atoms with Gasteiger partial charge < -0.3 is 18.9 Å². The fourth-order valence-electron chi connectivity index (χ4n) is 4.43. The third-order valence-corrected chi connectivity index (χ3v) is 6.17. The summed E-state index contributed by atoms with van der Waals surface area (Å²) in [7, 11) is 0. The number of hydrogen-bond acceptors (Lipinski definition) is 4. The summed E-state index contributed by atoms with van der Waals surface area (Å²) in [6.45, 7) is 3.48. The Balaban J connectivity index is 1.08. The number of epoxide rings is 2. The molecule has 4 nitrogen and oxygen atoms in total. The normalized spacial score (nSPS) is 43.3. The van der Waals surface area contributed by atoms with Crippen molar-refractivity contribution in [2.45, 2.75) is 76.3 Å². The minimum absolute atomic E-state index is 0.136. The highest BCUT2D eigenvalue weighted by Gasteiger charge is 2.30. The third kappa shape index (κ3) is 5.42. The zero-order valence-electron chi connectivity index (χ0n) is 14.3. The molecule has 2 heterocycles. The van der Waals surface area contributed by atoms with Crippen molar-refractivity contribution >= 4 is 0 Å². The van der Waals surface area contributed by atoms with E-state index in [0.717, 1.165) is 44.2 Å². The van der Waals surface area contributed by atoms with Gasteiger partial charge in [0.15, 0.2) is 6.29 Å². The van der Waals surface area contributed by atoms with Gasteiger partial charge in [-0.15, -0.1) is 0 Å². The Morgan fingerprint density at radius 1 is 0.652 bits per heavy atom. The fourth-order valence-corrected chi connectivity index (χ4v) is 4.43. The summed E-state index contributed by atoms with van der Waals surface area (Å²) in [6, 6.07) is 0. The molecule has 2 unspecified atom stereocenters. The zero-order valence-corrected chi connectivity index (χ0v) is 14.3. The van der Waals surface area contributed by atoms with Crippen molar-refractivity contribution in [3.05, 3.63) is 0 Å². The maximum absolute atomic E-state index is 5.96. The van der Waals surface area contributed by atoms with E-state index < -0.39 is 0 Å². The van der Waals surface area contributed by atoms with Gasteiger partial charge in [0, 0.05) is 0 Å². The largest absolute Gasteiger partial charge is 0.375 e. The molecule has 2 aliphatic carbocycles. The van der Waals surface area contributed by atoms with E-state index in [1.807, 2.05) is 0 Å². The smallest absolute Gasteiger partial charge is 0.181 e. The lowest BCUT2D eigenvalue weighted by molar-refractivity contribution is 0.00387. The SMILES string of the molecule is C1CC(CC2CCC(OCC3CO3)CC2)CCC1COC1CO1. The van der Waals surface area contributed by atoms with Gasteiger partial charge in [-0.25, -0.2) is 0 Å². The van der Waals surface area contributed by atoms with Gasteiger partial charge in [-0.2, -0.15) is 0 Å². The van der Waals surface area contributed by atoms with Crippen molar-refractivity contribution in [2.24, 2.45) is 17.8 Å². The highest BCUT2D eigenvalue weighted by molar-refractivity contribution is 4.80. The standard InChI is InChI=1S/C19H32O4/c1-3-16(10-22-19-13-23-19)4-2-14(1)9-15-5-7-17(8-6-15)20-11-18-12-21-18/h14-19H,1-13H2. The predicted octanol–water partition coefficient (Wildman–Crippen LogP) is 3.53. The second-order valence-corrected chi connectivity index (χ2v) is 8.15. The van der Waals surface area contributed by atoms with Crippen LogP contribution in [0.1, 0.15) is 57.8 Å². The first-order chi connectivity index (χ1) is 11.3. The van der Waals surface area contributed by atoms with Gasteiger partial charge in [0.2, 0.25) is 0 Å². The third-order valence-electron chi connectivity index (χ3n) is 6.17. The van der Waals surface area contributed by atoms with Gasteiger partial charge in [-0.05, 0) is 62.7 Å². The summed E-state index contributed by atoms with van der Waals surface area (Å²) in [5, 5.41) is 0. The van der Waals surface area contributed by atoms with Crippen molar-refractivity contribution in [3.63, 3.8) is 0 Å². The Morgan fingerprint density at radius 3 is 1.87 bits per heavy atom. The molecule has 4 aliphatic rings. The van der Waals surface area contributed by atoms with Gasteiger partial charge >= 0.3 is 0 Å². The molecule has 4 rings (SSSR count). The monoisotopic (exact) mass is 324 g/mol. The Morgan fingerprint density at radius 2 is 1.26 bits per heavy atom. The van der Waals surface area contributed by atoms with Crippen LogP contribution in [-0.4, -0.2) is 44.9 Å². The molecule has 23 heavy (non-hydrogen) atoms. The number of rotatable bonds is 8. The lowest BCUT2D eigenvalue weighted by atomic mass is 9.75. The van der Waals surface area contributed by atoms with Crippen molar-refractivity contribution in [3.8, 4) is 0 Å². The average molecular weight is 324 g/mol. The summed E-state index contributed by atoms with van der Waals surface area (Å²) < 4.78 is 22.0. The minimum atomic E-state index is 0.136.